The molecule has 3 aromatic rings. The van der Waals surface area contributed by atoms with Crippen molar-refractivity contribution in [3.8, 4) is 11.1 Å². The van der Waals surface area contributed by atoms with E-state index >= 15 is 0 Å². The van der Waals surface area contributed by atoms with Gasteiger partial charge in [0.15, 0.2) is 0 Å². The van der Waals surface area contributed by atoms with Crippen molar-refractivity contribution < 1.29 is 23.9 Å². The van der Waals surface area contributed by atoms with Gasteiger partial charge in [-0.3, -0.25) is 14.4 Å². The average molecular weight is 479 g/mol. The monoisotopic (exact) mass is 478 g/mol. The number of pyridine rings is 1. The molecule has 0 bridgehead atoms. The minimum absolute atomic E-state index is 0.233. The number of amides is 2. The van der Waals surface area contributed by atoms with Crippen molar-refractivity contribution in [2.75, 3.05) is 18.4 Å². The molecule has 2 aromatic carbocycles. The number of nitrogens with one attached hydrogen (secondary N) is 3. The highest BCUT2D eigenvalue weighted by molar-refractivity contribution is 5.85. The first-order valence-corrected chi connectivity index (χ1v) is 11.2. The molecule has 3 rings (SSSR count). The minimum Gasteiger partial charge on any atom is -0.481 e. The van der Waals surface area contributed by atoms with Gasteiger partial charge >= 0.3 is 5.97 Å². The Morgan fingerprint density at radius 3 is 2.23 bits per heavy atom. The summed E-state index contributed by atoms with van der Waals surface area (Å²) in [5.41, 5.74) is 2.26. The van der Waals surface area contributed by atoms with E-state index in [1.54, 1.807) is 42.6 Å². The van der Waals surface area contributed by atoms with E-state index in [4.69, 9.17) is 0 Å². The number of hydrogen-bond donors (Lipinski definition) is 4. The topological polar surface area (TPSA) is 120 Å². The van der Waals surface area contributed by atoms with Crippen molar-refractivity contribution in [2.24, 2.45) is 0 Å². The van der Waals surface area contributed by atoms with Crippen molar-refractivity contribution in [2.45, 2.75) is 25.3 Å². The normalized spacial score (nSPS) is 11.3. The van der Waals surface area contributed by atoms with Gasteiger partial charge in [-0.25, -0.2) is 9.37 Å². The smallest absolute Gasteiger partial charge is 0.305 e. The third kappa shape index (κ3) is 8.54. The number of nitrogens with zero attached hydrogens (tertiary/aromatic N) is 1. The van der Waals surface area contributed by atoms with Crippen LogP contribution in [-0.4, -0.2) is 41.0 Å². The molecular formula is C26H27FN4O4. The van der Waals surface area contributed by atoms with Crippen LogP contribution in [0.1, 0.15) is 30.9 Å². The molecule has 35 heavy (non-hydrogen) atoms. The van der Waals surface area contributed by atoms with Crippen LogP contribution in [0.5, 0.6) is 0 Å². The van der Waals surface area contributed by atoms with Crippen molar-refractivity contribution in [1.82, 2.24) is 15.6 Å². The Labute approximate surface area is 202 Å². The van der Waals surface area contributed by atoms with Crippen LogP contribution in [-0.2, 0) is 14.4 Å². The second-order valence-corrected chi connectivity index (χ2v) is 7.87. The summed E-state index contributed by atoms with van der Waals surface area (Å²) in [6, 6.07) is 17.8. The zero-order valence-corrected chi connectivity index (χ0v) is 19.0. The molecule has 0 aliphatic heterocycles. The lowest BCUT2D eigenvalue weighted by Gasteiger charge is -2.18. The number of hydrogen-bond acceptors (Lipinski definition) is 5. The molecule has 1 unspecified atom stereocenters. The van der Waals surface area contributed by atoms with Gasteiger partial charge in [0.25, 0.3) is 0 Å². The van der Waals surface area contributed by atoms with E-state index in [1.807, 2.05) is 18.2 Å². The molecule has 1 heterocycles. The van der Waals surface area contributed by atoms with E-state index in [-0.39, 0.29) is 31.1 Å². The molecule has 0 spiro atoms. The number of rotatable bonds is 12. The van der Waals surface area contributed by atoms with Crippen LogP contribution in [0.3, 0.4) is 0 Å². The zero-order valence-electron chi connectivity index (χ0n) is 19.0. The largest absolute Gasteiger partial charge is 0.481 e. The molecule has 2 amide bonds. The maximum absolute atomic E-state index is 13.1. The van der Waals surface area contributed by atoms with Gasteiger partial charge < -0.3 is 21.1 Å². The van der Waals surface area contributed by atoms with Gasteiger partial charge in [-0.05, 0) is 47.4 Å². The molecule has 182 valence electrons. The molecule has 0 saturated heterocycles. The van der Waals surface area contributed by atoms with Crippen molar-refractivity contribution in [3.63, 3.8) is 0 Å². The maximum atomic E-state index is 13.1. The van der Waals surface area contributed by atoms with Crippen LogP contribution < -0.4 is 16.0 Å². The van der Waals surface area contributed by atoms with E-state index in [1.165, 1.54) is 12.1 Å². The van der Waals surface area contributed by atoms with Crippen molar-refractivity contribution >= 4 is 23.6 Å². The summed E-state index contributed by atoms with van der Waals surface area (Å²) in [5.74, 6) is -1.44. The predicted molar refractivity (Wildman–Crippen MR) is 130 cm³/mol. The van der Waals surface area contributed by atoms with Crippen LogP contribution in [0.25, 0.3) is 11.1 Å². The highest BCUT2D eigenvalue weighted by Crippen LogP contribution is 2.24. The Balaban J connectivity index is 1.47. The Hall–Kier alpha value is -4.27. The summed E-state index contributed by atoms with van der Waals surface area (Å²) < 4.78 is 13.1. The molecule has 0 fully saturated rings. The quantitative estimate of drug-likeness (QED) is 0.296. The summed E-state index contributed by atoms with van der Waals surface area (Å²) in [6.07, 6.45) is 2.16. The number of carboxylic acid groups (broad SMARTS) is 1. The lowest BCUT2D eigenvalue weighted by Crippen LogP contribution is -2.39. The fraction of sp³-hybridized carbons (Fsp3) is 0.231. The number of anilines is 1. The maximum Gasteiger partial charge on any atom is 0.305 e. The molecular weight excluding hydrogens is 451 g/mol. The summed E-state index contributed by atoms with van der Waals surface area (Å²) in [6.45, 7) is 0.307. The molecule has 9 heteroatoms. The second kappa shape index (κ2) is 12.8. The third-order valence-corrected chi connectivity index (χ3v) is 5.20. The number of halogens is 1. The van der Waals surface area contributed by atoms with Crippen molar-refractivity contribution in [1.29, 1.82) is 0 Å². The van der Waals surface area contributed by atoms with Crippen LogP contribution in [0.4, 0.5) is 10.2 Å². The van der Waals surface area contributed by atoms with E-state index in [9.17, 15) is 23.9 Å². The number of aromatic nitrogens is 1. The Kier molecular flexibility index (Phi) is 9.30. The van der Waals surface area contributed by atoms with Crippen LogP contribution in [0.15, 0.2) is 72.9 Å². The fourth-order valence-electron chi connectivity index (χ4n) is 3.42. The van der Waals surface area contributed by atoms with E-state index in [0.717, 1.165) is 16.9 Å². The van der Waals surface area contributed by atoms with Gasteiger partial charge in [0, 0.05) is 19.2 Å². The number of carboxylic acids is 1. The van der Waals surface area contributed by atoms with Crippen LogP contribution in [0.2, 0.25) is 0 Å². The Bertz CT molecular complexity index is 1120. The Morgan fingerprint density at radius 1 is 0.914 bits per heavy atom. The average Bonchev–Trinajstić information content (AvgIpc) is 2.86. The third-order valence-electron chi connectivity index (χ3n) is 5.20. The number of benzene rings is 2. The fourth-order valence-corrected chi connectivity index (χ4v) is 3.42. The highest BCUT2D eigenvalue weighted by Gasteiger charge is 2.18. The molecule has 0 aliphatic rings. The summed E-state index contributed by atoms with van der Waals surface area (Å²) in [7, 11) is 0. The first-order valence-electron chi connectivity index (χ1n) is 11.2. The van der Waals surface area contributed by atoms with Gasteiger partial charge in [0.2, 0.25) is 11.8 Å². The van der Waals surface area contributed by atoms with Crippen LogP contribution >= 0.6 is 0 Å². The Morgan fingerprint density at radius 2 is 1.60 bits per heavy atom. The zero-order chi connectivity index (χ0) is 25.0. The van der Waals surface area contributed by atoms with Gasteiger partial charge in [-0.1, -0.05) is 42.5 Å². The number of aliphatic carboxylic acids is 1. The molecule has 1 atom stereocenters. The SMILES string of the molecule is O=C(O)CC(NC(=O)CNC(=O)CCCNc1ccccn1)c1ccc(-c2ccc(F)cc2)cc1. The van der Waals surface area contributed by atoms with Gasteiger partial charge in [0.1, 0.15) is 11.6 Å². The van der Waals surface area contributed by atoms with E-state index in [0.29, 0.717) is 18.5 Å². The first-order chi connectivity index (χ1) is 16.9. The number of carbonyl (C=O) groups is 3. The van der Waals surface area contributed by atoms with Crippen LogP contribution in [0, 0.1) is 5.82 Å². The molecule has 0 saturated carbocycles. The van der Waals surface area contributed by atoms with Gasteiger partial charge in [-0.2, -0.15) is 0 Å². The van der Waals surface area contributed by atoms with E-state index < -0.39 is 17.9 Å². The van der Waals surface area contributed by atoms with Crippen molar-refractivity contribution in [3.05, 3.63) is 84.3 Å². The molecule has 0 radical (unpaired) electrons. The molecule has 0 aliphatic carbocycles. The highest BCUT2D eigenvalue weighted by atomic mass is 19.1. The lowest BCUT2D eigenvalue weighted by molar-refractivity contribution is -0.138. The minimum atomic E-state index is -1.07. The predicted octanol–water partition coefficient (Wildman–Crippen LogP) is 3.53. The summed E-state index contributed by atoms with van der Waals surface area (Å²) >= 11 is 0. The van der Waals surface area contributed by atoms with Gasteiger partial charge in [-0.15, -0.1) is 0 Å². The first kappa shape index (κ1) is 25.4. The molecule has 4 N–H and O–H groups in total. The molecule has 1 aromatic heterocycles. The molecule has 8 nitrogen and oxygen atoms in total. The summed E-state index contributed by atoms with van der Waals surface area (Å²) in [5, 5.41) is 17.6. The number of carbonyl (C=O) groups excluding carboxylic acids is 2. The standard InChI is InChI=1S/C26H27FN4O4/c27-21-12-10-19(11-13-21)18-6-8-20(9-7-18)22(16-26(34)35)31-25(33)17-30-24(32)5-3-15-29-23-4-1-2-14-28-23/h1-2,4,6-14,22H,3,5,15-17H2,(H,28,29)(H,30,32)(H,31,33)(H,34,35). The lowest BCUT2D eigenvalue weighted by atomic mass is 9.99. The van der Waals surface area contributed by atoms with E-state index in [2.05, 4.69) is 20.9 Å². The van der Waals surface area contributed by atoms with Gasteiger partial charge in [0.05, 0.1) is 19.0 Å². The summed E-state index contributed by atoms with van der Waals surface area (Å²) in [4.78, 5) is 39.9. The second-order valence-electron chi connectivity index (χ2n) is 7.87.